The Kier molecular flexibility index (Phi) is 7.00. The number of methoxy groups -OCH3 is 1. The van der Waals surface area contributed by atoms with E-state index in [1.807, 2.05) is 59.5 Å². The Balaban J connectivity index is 0.00000259. The minimum Gasteiger partial charge on any atom is -0.497 e. The Morgan fingerprint density at radius 1 is 1.03 bits per heavy atom. The molecule has 2 heterocycles. The molecule has 0 unspecified atom stereocenters. The molecule has 0 radical (unpaired) electrons. The van der Waals surface area contributed by atoms with Crippen molar-refractivity contribution < 1.29 is 14.1 Å². The van der Waals surface area contributed by atoms with E-state index in [0.717, 1.165) is 62.3 Å². The third kappa shape index (κ3) is 4.89. The molecule has 1 saturated heterocycles. The van der Waals surface area contributed by atoms with Gasteiger partial charge < -0.3 is 14.2 Å². The van der Waals surface area contributed by atoms with Crippen molar-refractivity contribution in [1.29, 1.82) is 0 Å². The molecule has 1 aliphatic heterocycles. The molecule has 1 aromatic heterocycles. The summed E-state index contributed by atoms with van der Waals surface area (Å²) >= 11 is 0. The van der Waals surface area contributed by atoms with Crippen LogP contribution in [0.3, 0.4) is 0 Å². The molecule has 33 heavy (non-hydrogen) atoms. The van der Waals surface area contributed by atoms with Crippen LogP contribution in [0.5, 0.6) is 5.75 Å². The number of ether oxygens (including phenoxy) is 1. The number of nitrogens with zero attached hydrogens (tertiary/aromatic N) is 4. The van der Waals surface area contributed by atoms with Crippen LogP contribution in [-0.2, 0) is 16.8 Å². The van der Waals surface area contributed by atoms with Gasteiger partial charge in [-0.2, -0.15) is 4.98 Å². The van der Waals surface area contributed by atoms with Gasteiger partial charge in [0.2, 0.25) is 5.91 Å². The van der Waals surface area contributed by atoms with Crippen LogP contribution in [0, 0.1) is 0 Å². The number of aromatic nitrogens is 2. The summed E-state index contributed by atoms with van der Waals surface area (Å²) in [6.07, 6.45) is 2.78. The number of rotatable bonds is 6. The van der Waals surface area contributed by atoms with E-state index < -0.39 is 0 Å². The lowest BCUT2D eigenvalue weighted by atomic mass is 9.94. The van der Waals surface area contributed by atoms with Crippen molar-refractivity contribution in [1.82, 2.24) is 19.9 Å². The zero-order chi connectivity index (χ0) is 22.0. The fourth-order valence-corrected chi connectivity index (χ4v) is 4.51. The second-order valence-electron chi connectivity index (χ2n) is 8.61. The number of hydrogen-bond acceptors (Lipinski definition) is 6. The Hall–Kier alpha value is -2.90. The Labute approximate surface area is 200 Å². The Bertz CT molecular complexity index is 1070. The predicted octanol–water partition coefficient (Wildman–Crippen LogP) is 3.93. The van der Waals surface area contributed by atoms with E-state index in [2.05, 4.69) is 15.0 Å². The van der Waals surface area contributed by atoms with E-state index in [1.165, 1.54) is 0 Å². The number of hydrogen-bond donors (Lipinski definition) is 0. The minimum absolute atomic E-state index is 0. The highest BCUT2D eigenvalue weighted by molar-refractivity contribution is 5.91. The first kappa shape index (κ1) is 23.3. The van der Waals surface area contributed by atoms with Gasteiger partial charge in [0.25, 0.3) is 5.89 Å². The number of amides is 1. The van der Waals surface area contributed by atoms with Crippen LogP contribution in [0.25, 0.3) is 11.5 Å². The summed E-state index contributed by atoms with van der Waals surface area (Å²) in [7, 11) is 1.66. The van der Waals surface area contributed by atoms with Crippen LogP contribution in [0.15, 0.2) is 59.1 Å². The molecular weight excluding hydrogens is 440 g/mol. The lowest BCUT2D eigenvalue weighted by Crippen LogP contribution is -2.41. The van der Waals surface area contributed by atoms with Gasteiger partial charge >= 0.3 is 0 Å². The molecule has 5 rings (SSSR count). The molecule has 0 atom stereocenters. The molecular formula is C25H29ClN4O3. The number of benzene rings is 2. The third-order valence-electron chi connectivity index (χ3n) is 6.53. The smallest absolute Gasteiger partial charge is 0.257 e. The van der Waals surface area contributed by atoms with Gasteiger partial charge in [0.05, 0.1) is 19.1 Å². The largest absolute Gasteiger partial charge is 0.497 e. The standard InChI is InChI=1S/C25H28N4O3.ClH/c1-31-21-10-8-20(9-11-21)25(12-13-25)24(30)29-15-5-14-28(16-17-29)18-22-26-23(32-27-22)19-6-3-2-4-7-19;/h2-4,6-11H,5,12-18H2,1H3;1H. The Morgan fingerprint density at radius 3 is 2.48 bits per heavy atom. The van der Waals surface area contributed by atoms with E-state index >= 15 is 0 Å². The average Bonchev–Trinajstić information content (AvgIpc) is 3.58. The highest BCUT2D eigenvalue weighted by atomic mass is 35.5. The van der Waals surface area contributed by atoms with Gasteiger partial charge in [-0.1, -0.05) is 35.5 Å². The second-order valence-corrected chi connectivity index (χ2v) is 8.61. The summed E-state index contributed by atoms with van der Waals surface area (Å²) in [6.45, 7) is 3.85. The summed E-state index contributed by atoms with van der Waals surface area (Å²) in [6, 6.07) is 17.8. The predicted molar refractivity (Wildman–Crippen MR) is 127 cm³/mol. The summed E-state index contributed by atoms with van der Waals surface area (Å²) in [5, 5.41) is 4.16. The second kappa shape index (κ2) is 9.93. The van der Waals surface area contributed by atoms with Gasteiger partial charge in [0, 0.05) is 31.7 Å². The van der Waals surface area contributed by atoms with Crippen molar-refractivity contribution in [3.05, 3.63) is 66.0 Å². The van der Waals surface area contributed by atoms with Crippen molar-refractivity contribution in [2.75, 3.05) is 33.3 Å². The first-order valence-electron chi connectivity index (χ1n) is 11.2. The summed E-state index contributed by atoms with van der Waals surface area (Å²) in [5.74, 6) is 2.30. The fraction of sp³-hybridized carbons (Fsp3) is 0.400. The molecule has 7 nitrogen and oxygen atoms in total. The maximum Gasteiger partial charge on any atom is 0.257 e. The van der Waals surface area contributed by atoms with Crippen LogP contribution in [0.1, 0.15) is 30.7 Å². The highest BCUT2D eigenvalue weighted by Gasteiger charge is 2.53. The molecule has 2 aliphatic rings. The number of carbonyl (C=O) groups excluding carboxylic acids is 1. The van der Waals surface area contributed by atoms with E-state index in [9.17, 15) is 4.79 Å². The van der Waals surface area contributed by atoms with Crippen LogP contribution < -0.4 is 4.74 Å². The summed E-state index contributed by atoms with van der Waals surface area (Å²) in [5.41, 5.74) is 1.68. The van der Waals surface area contributed by atoms with Gasteiger partial charge in [-0.25, -0.2) is 0 Å². The van der Waals surface area contributed by atoms with Gasteiger partial charge in [-0.3, -0.25) is 9.69 Å². The van der Waals surface area contributed by atoms with Crippen molar-refractivity contribution in [2.24, 2.45) is 0 Å². The zero-order valence-corrected chi connectivity index (χ0v) is 19.6. The molecule has 174 valence electrons. The summed E-state index contributed by atoms with van der Waals surface area (Å²) in [4.78, 5) is 22.4. The maximum absolute atomic E-state index is 13.5. The topological polar surface area (TPSA) is 71.7 Å². The van der Waals surface area contributed by atoms with Crippen LogP contribution in [0.2, 0.25) is 0 Å². The Morgan fingerprint density at radius 2 is 1.79 bits per heavy atom. The lowest BCUT2D eigenvalue weighted by molar-refractivity contribution is -0.133. The number of halogens is 1. The third-order valence-corrected chi connectivity index (χ3v) is 6.53. The highest BCUT2D eigenvalue weighted by Crippen LogP contribution is 2.50. The van der Waals surface area contributed by atoms with Crippen LogP contribution in [0.4, 0.5) is 0 Å². The van der Waals surface area contributed by atoms with E-state index in [0.29, 0.717) is 18.3 Å². The number of carbonyl (C=O) groups is 1. The minimum atomic E-state index is -0.348. The zero-order valence-electron chi connectivity index (χ0n) is 18.8. The molecule has 3 aromatic rings. The first-order valence-corrected chi connectivity index (χ1v) is 11.2. The lowest BCUT2D eigenvalue weighted by Gasteiger charge is -2.26. The SMILES string of the molecule is COc1ccc(C2(C(=O)N3CCCN(Cc4noc(-c5ccccc5)n4)CC3)CC2)cc1.Cl. The van der Waals surface area contributed by atoms with Gasteiger partial charge in [-0.05, 0) is 49.1 Å². The van der Waals surface area contributed by atoms with Gasteiger partial charge in [0.1, 0.15) is 5.75 Å². The molecule has 2 aromatic carbocycles. The molecule has 1 saturated carbocycles. The summed E-state index contributed by atoms with van der Waals surface area (Å²) < 4.78 is 10.7. The van der Waals surface area contributed by atoms with Crippen molar-refractivity contribution in [2.45, 2.75) is 31.2 Å². The normalized spacial score (nSPS) is 17.7. The van der Waals surface area contributed by atoms with Crippen molar-refractivity contribution in [3.8, 4) is 17.2 Å². The molecule has 0 N–H and O–H groups in total. The quantitative estimate of drug-likeness (QED) is 0.545. The van der Waals surface area contributed by atoms with E-state index in [4.69, 9.17) is 9.26 Å². The van der Waals surface area contributed by atoms with Crippen LogP contribution in [-0.4, -0.2) is 59.1 Å². The molecule has 8 heteroatoms. The fourth-order valence-electron chi connectivity index (χ4n) is 4.51. The molecule has 0 spiro atoms. The average molecular weight is 469 g/mol. The van der Waals surface area contributed by atoms with Crippen molar-refractivity contribution >= 4 is 18.3 Å². The van der Waals surface area contributed by atoms with E-state index in [1.54, 1.807) is 7.11 Å². The molecule has 2 fully saturated rings. The van der Waals surface area contributed by atoms with E-state index in [-0.39, 0.29) is 23.7 Å². The van der Waals surface area contributed by atoms with Gasteiger partial charge in [-0.15, -0.1) is 12.4 Å². The molecule has 1 amide bonds. The van der Waals surface area contributed by atoms with Gasteiger partial charge in [0.15, 0.2) is 5.82 Å². The molecule has 0 bridgehead atoms. The van der Waals surface area contributed by atoms with Crippen LogP contribution >= 0.6 is 12.4 Å². The van der Waals surface area contributed by atoms with Crippen molar-refractivity contribution in [3.63, 3.8) is 0 Å². The monoisotopic (exact) mass is 468 g/mol. The molecule has 1 aliphatic carbocycles. The maximum atomic E-state index is 13.5. The first-order chi connectivity index (χ1) is 15.7.